The fraction of sp³-hybridized carbons (Fsp3) is 0.364. The maximum absolute atomic E-state index is 13.1. The smallest absolute Gasteiger partial charge is 0.242 e. The second-order valence-corrected chi connectivity index (χ2v) is 6.77. The van der Waals surface area contributed by atoms with Gasteiger partial charge in [0.05, 0.1) is 13.5 Å². The van der Waals surface area contributed by atoms with Crippen molar-refractivity contribution in [1.82, 2.24) is 10.2 Å². The highest BCUT2D eigenvalue weighted by Gasteiger charge is 2.26. The molecule has 0 heterocycles. The lowest BCUT2D eigenvalue weighted by Crippen LogP contribution is -2.47. The molecule has 0 saturated heterocycles. The van der Waals surface area contributed by atoms with Gasteiger partial charge in [-0.05, 0) is 49.6 Å². The third-order valence-corrected chi connectivity index (χ3v) is 4.75. The van der Waals surface area contributed by atoms with E-state index < -0.39 is 6.04 Å². The number of rotatable bonds is 7. The van der Waals surface area contributed by atoms with Crippen LogP contribution in [-0.2, 0) is 22.6 Å². The number of benzene rings is 2. The Bertz CT molecular complexity index is 817. The molecule has 0 saturated carbocycles. The summed E-state index contributed by atoms with van der Waals surface area (Å²) in [6.45, 7) is 6.10. The van der Waals surface area contributed by atoms with E-state index in [0.29, 0.717) is 6.54 Å². The van der Waals surface area contributed by atoms with Crippen LogP contribution in [0.1, 0.15) is 29.2 Å². The molecule has 2 amide bonds. The molecule has 0 fully saturated rings. The van der Waals surface area contributed by atoms with Crippen molar-refractivity contribution in [3.63, 3.8) is 0 Å². The summed E-state index contributed by atoms with van der Waals surface area (Å²) in [6, 6.07) is 13.1. The number of hydrogen-bond donors (Lipinski definition) is 1. The Morgan fingerprint density at radius 1 is 1.15 bits per heavy atom. The number of hydrogen-bond acceptors (Lipinski definition) is 3. The van der Waals surface area contributed by atoms with Gasteiger partial charge in [0.25, 0.3) is 0 Å². The largest absolute Gasteiger partial charge is 0.497 e. The molecular weight excluding hydrogens is 340 g/mol. The Hall–Kier alpha value is -2.82. The van der Waals surface area contributed by atoms with Gasteiger partial charge in [0.15, 0.2) is 0 Å². The molecule has 0 aliphatic carbocycles. The standard InChI is InChI=1S/C22H28N2O3/c1-15-9-10-16(2)19(11-15)13-21(25)24(17(3)22(26)23-4)14-18-7-6-8-20(12-18)27-5/h6-12,17H,13-14H2,1-5H3,(H,23,26). The van der Waals surface area contributed by atoms with E-state index >= 15 is 0 Å². The van der Waals surface area contributed by atoms with Crippen LogP contribution in [0.3, 0.4) is 0 Å². The molecule has 0 aromatic heterocycles. The summed E-state index contributed by atoms with van der Waals surface area (Å²) in [4.78, 5) is 26.9. The van der Waals surface area contributed by atoms with Crippen LogP contribution in [0.2, 0.25) is 0 Å². The van der Waals surface area contributed by atoms with Crippen LogP contribution in [0.5, 0.6) is 5.75 Å². The van der Waals surface area contributed by atoms with Crippen molar-refractivity contribution in [2.75, 3.05) is 14.2 Å². The van der Waals surface area contributed by atoms with Gasteiger partial charge in [-0.15, -0.1) is 0 Å². The molecule has 0 spiro atoms. The molecule has 0 aliphatic rings. The minimum absolute atomic E-state index is 0.0809. The molecule has 2 aromatic carbocycles. The lowest BCUT2D eigenvalue weighted by atomic mass is 10.0. The quantitative estimate of drug-likeness (QED) is 0.817. The molecule has 0 radical (unpaired) electrons. The number of carbonyl (C=O) groups is 2. The number of amides is 2. The minimum Gasteiger partial charge on any atom is -0.497 e. The number of ether oxygens (including phenoxy) is 1. The van der Waals surface area contributed by atoms with E-state index in [4.69, 9.17) is 4.74 Å². The van der Waals surface area contributed by atoms with Crippen LogP contribution in [0.15, 0.2) is 42.5 Å². The molecule has 1 unspecified atom stereocenters. The topological polar surface area (TPSA) is 58.6 Å². The summed E-state index contributed by atoms with van der Waals surface area (Å²) < 4.78 is 5.27. The molecular formula is C22H28N2O3. The summed E-state index contributed by atoms with van der Waals surface area (Å²) in [7, 11) is 3.19. The van der Waals surface area contributed by atoms with Crippen molar-refractivity contribution < 1.29 is 14.3 Å². The summed E-state index contributed by atoms with van der Waals surface area (Å²) in [6.07, 6.45) is 0.263. The van der Waals surface area contributed by atoms with Crippen LogP contribution in [-0.4, -0.2) is 36.9 Å². The van der Waals surface area contributed by atoms with E-state index in [1.807, 2.05) is 56.3 Å². The van der Waals surface area contributed by atoms with Gasteiger partial charge in [-0.25, -0.2) is 0 Å². The van der Waals surface area contributed by atoms with Gasteiger partial charge in [-0.2, -0.15) is 0 Å². The average molecular weight is 368 g/mol. The average Bonchev–Trinajstić information content (AvgIpc) is 2.67. The van der Waals surface area contributed by atoms with Crippen molar-refractivity contribution >= 4 is 11.8 Å². The summed E-state index contributed by atoms with van der Waals surface area (Å²) in [5, 5.41) is 2.64. The highest BCUT2D eigenvalue weighted by Crippen LogP contribution is 2.18. The first-order valence-electron chi connectivity index (χ1n) is 9.05. The van der Waals surface area contributed by atoms with Crippen molar-refractivity contribution in [3.8, 4) is 5.75 Å². The highest BCUT2D eigenvalue weighted by atomic mass is 16.5. The number of nitrogens with one attached hydrogen (secondary N) is 1. The predicted octanol–water partition coefficient (Wildman–Crippen LogP) is 3.02. The van der Waals surface area contributed by atoms with Crippen molar-refractivity contribution in [1.29, 1.82) is 0 Å². The SMILES string of the molecule is CNC(=O)C(C)N(Cc1cccc(OC)c1)C(=O)Cc1cc(C)ccc1C. The second-order valence-electron chi connectivity index (χ2n) is 6.77. The van der Waals surface area contributed by atoms with Gasteiger partial charge >= 0.3 is 0 Å². The Morgan fingerprint density at radius 2 is 1.89 bits per heavy atom. The van der Waals surface area contributed by atoms with Gasteiger partial charge in [0, 0.05) is 13.6 Å². The van der Waals surface area contributed by atoms with Crippen molar-refractivity contribution in [2.24, 2.45) is 0 Å². The van der Waals surface area contributed by atoms with E-state index in [9.17, 15) is 9.59 Å². The predicted molar refractivity (Wildman–Crippen MR) is 107 cm³/mol. The Kier molecular flexibility index (Phi) is 6.99. The van der Waals surface area contributed by atoms with E-state index in [1.165, 1.54) is 0 Å². The van der Waals surface area contributed by atoms with Crippen molar-refractivity contribution in [2.45, 2.75) is 39.8 Å². The number of methoxy groups -OCH3 is 1. The number of aryl methyl sites for hydroxylation is 2. The fourth-order valence-electron chi connectivity index (χ4n) is 3.01. The summed E-state index contributed by atoms with van der Waals surface area (Å²) in [5.41, 5.74) is 4.09. The molecule has 5 heteroatoms. The number of carbonyl (C=O) groups excluding carboxylic acids is 2. The molecule has 2 aromatic rings. The zero-order chi connectivity index (χ0) is 20.0. The molecule has 0 aliphatic heterocycles. The number of likely N-dealkylation sites (N-methyl/N-ethyl adjacent to an activating group) is 1. The maximum Gasteiger partial charge on any atom is 0.242 e. The number of nitrogens with zero attached hydrogens (tertiary/aromatic N) is 1. The van der Waals surface area contributed by atoms with E-state index in [1.54, 1.807) is 26.0 Å². The van der Waals surface area contributed by atoms with Gasteiger partial charge in [0.2, 0.25) is 11.8 Å². The first-order chi connectivity index (χ1) is 12.8. The first kappa shape index (κ1) is 20.5. The van der Waals surface area contributed by atoms with E-state index in [2.05, 4.69) is 5.32 Å². The van der Waals surface area contributed by atoms with E-state index in [-0.39, 0.29) is 18.2 Å². The first-order valence-corrected chi connectivity index (χ1v) is 9.05. The fourth-order valence-corrected chi connectivity index (χ4v) is 3.01. The Balaban J connectivity index is 2.29. The lowest BCUT2D eigenvalue weighted by Gasteiger charge is -2.29. The van der Waals surface area contributed by atoms with Crippen LogP contribution < -0.4 is 10.1 Å². The van der Waals surface area contributed by atoms with Crippen LogP contribution in [0.25, 0.3) is 0 Å². The third-order valence-electron chi connectivity index (χ3n) is 4.75. The van der Waals surface area contributed by atoms with Gasteiger partial charge in [-0.1, -0.05) is 35.9 Å². The van der Waals surface area contributed by atoms with Crippen molar-refractivity contribution in [3.05, 3.63) is 64.7 Å². The molecule has 27 heavy (non-hydrogen) atoms. The molecule has 1 N–H and O–H groups in total. The van der Waals surface area contributed by atoms with Gasteiger partial charge in [0.1, 0.15) is 11.8 Å². The summed E-state index contributed by atoms with van der Waals surface area (Å²) in [5.74, 6) is 0.455. The minimum atomic E-state index is -0.571. The maximum atomic E-state index is 13.1. The molecule has 5 nitrogen and oxygen atoms in total. The third kappa shape index (κ3) is 5.33. The van der Waals surface area contributed by atoms with Crippen LogP contribution >= 0.6 is 0 Å². The molecule has 1 atom stereocenters. The Labute approximate surface area is 161 Å². The second kappa shape index (κ2) is 9.21. The zero-order valence-electron chi connectivity index (χ0n) is 16.7. The normalized spacial score (nSPS) is 11.6. The molecule has 0 bridgehead atoms. The molecule has 144 valence electrons. The zero-order valence-corrected chi connectivity index (χ0v) is 16.7. The van der Waals surface area contributed by atoms with Gasteiger partial charge in [-0.3, -0.25) is 9.59 Å². The van der Waals surface area contributed by atoms with E-state index in [0.717, 1.165) is 28.0 Å². The van der Waals surface area contributed by atoms with Crippen LogP contribution in [0, 0.1) is 13.8 Å². The Morgan fingerprint density at radius 3 is 2.56 bits per heavy atom. The van der Waals surface area contributed by atoms with Gasteiger partial charge < -0.3 is 15.0 Å². The molecule has 2 rings (SSSR count). The monoisotopic (exact) mass is 368 g/mol. The van der Waals surface area contributed by atoms with Crippen LogP contribution in [0.4, 0.5) is 0 Å². The summed E-state index contributed by atoms with van der Waals surface area (Å²) >= 11 is 0. The highest BCUT2D eigenvalue weighted by molar-refractivity contribution is 5.88. The lowest BCUT2D eigenvalue weighted by molar-refractivity contribution is -0.139.